The Bertz CT molecular complexity index is 2580. The molecule has 0 saturated heterocycles. The first kappa shape index (κ1) is 28.5. The number of aromatic nitrogens is 1. The van der Waals surface area contributed by atoms with Crippen LogP contribution >= 0.6 is 0 Å². The van der Waals surface area contributed by atoms with Crippen molar-refractivity contribution in [1.82, 2.24) is 4.57 Å². The van der Waals surface area contributed by atoms with Gasteiger partial charge < -0.3 is 9.38 Å². The number of para-hydroxylation sites is 2. The van der Waals surface area contributed by atoms with Crippen LogP contribution in [0.5, 0.6) is 0 Å². The Morgan fingerprint density at radius 2 is 1.31 bits per heavy atom. The molecule has 0 aliphatic carbocycles. The van der Waals surface area contributed by atoms with Crippen LogP contribution in [-0.4, -0.2) is 19.5 Å². The fraction of sp³-hybridized carbons (Fsp3) is 0.227. The van der Waals surface area contributed by atoms with Gasteiger partial charge in [0.05, 0.1) is 11.0 Å². The number of nitrogens with zero attached hydrogens (tertiary/aromatic N) is 2. The highest BCUT2D eigenvalue weighted by atomic mass is 28.3. The van der Waals surface area contributed by atoms with Gasteiger partial charge in [0.25, 0.3) is 0 Å². The molecular formula is C44H41BN2Si. The van der Waals surface area contributed by atoms with Gasteiger partial charge in [-0.25, -0.2) is 0 Å². The van der Waals surface area contributed by atoms with Gasteiger partial charge >= 0.3 is 6.85 Å². The molecule has 0 atom stereocenters. The molecule has 7 aromatic rings. The van der Waals surface area contributed by atoms with Crippen molar-refractivity contribution in [1.29, 1.82) is 0 Å². The van der Waals surface area contributed by atoms with E-state index in [1.54, 1.807) is 5.19 Å². The summed E-state index contributed by atoms with van der Waals surface area (Å²) in [5.74, 6) is 0. The Balaban J connectivity index is 1.46. The highest BCUT2D eigenvalue weighted by molar-refractivity contribution is 7.05. The first-order chi connectivity index (χ1) is 22.9. The first-order valence-electron chi connectivity index (χ1n) is 17.6. The number of fused-ring (bicyclic) bond motifs is 11. The van der Waals surface area contributed by atoms with Crippen LogP contribution in [0.1, 0.15) is 52.7 Å². The molecule has 4 heterocycles. The van der Waals surface area contributed by atoms with Crippen molar-refractivity contribution in [3.05, 3.63) is 114 Å². The molecule has 0 unspecified atom stereocenters. The van der Waals surface area contributed by atoms with E-state index in [2.05, 4.69) is 167 Å². The number of anilines is 2. The fourth-order valence-corrected chi connectivity index (χ4v) is 12.3. The average molecular weight is 637 g/mol. The van der Waals surface area contributed by atoms with Gasteiger partial charge in [-0.15, -0.1) is 0 Å². The third-order valence-corrected chi connectivity index (χ3v) is 15.3. The smallest absolute Gasteiger partial charge is 0.333 e. The minimum Gasteiger partial charge on any atom is -0.377 e. The molecule has 3 aliphatic rings. The second-order valence-electron chi connectivity index (χ2n) is 17.1. The zero-order chi connectivity index (χ0) is 33.1. The molecular weight excluding hydrogens is 595 g/mol. The van der Waals surface area contributed by atoms with Crippen molar-refractivity contribution in [3.8, 4) is 16.8 Å². The minimum absolute atomic E-state index is 0.000310. The molecule has 0 N–H and O–H groups in total. The van der Waals surface area contributed by atoms with Crippen LogP contribution in [0.3, 0.4) is 0 Å². The third kappa shape index (κ3) is 3.44. The zero-order valence-electron chi connectivity index (χ0n) is 29.3. The standard InChI is InChI=1S/C44H41BN2Si/c1-43(2,3)27-20-21-34-31(23-27)32-24-28(44(4,5)6)25-33-41(32)46(34)36-22-26-14-9-10-15-29(26)39-30-16-13-19-38-42(30)47(45(33)40(36)39)35-17-11-12-18-37(35)48(38,7)8/h9-25H,1-8H3. The monoisotopic (exact) mass is 636 g/mol. The van der Waals surface area contributed by atoms with E-state index < -0.39 is 8.07 Å². The molecule has 48 heavy (non-hydrogen) atoms. The summed E-state index contributed by atoms with van der Waals surface area (Å²) in [6.07, 6.45) is 0. The van der Waals surface area contributed by atoms with Gasteiger partial charge in [0.15, 0.2) is 0 Å². The molecule has 0 saturated carbocycles. The molecule has 3 aliphatic heterocycles. The number of rotatable bonds is 0. The summed E-state index contributed by atoms with van der Waals surface area (Å²) in [5.41, 5.74) is 15.3. The van der Waals surface area contributed by atoms with Gasteiger partial charge in [0.2, 0.25) is 0 Å². The summed E-state index contributed by atoms with van der Waals surface area (Å²) in [6.45, 7) is 19.3. The molecule has 0 bridgehead atoms. The highest BCUT2D eigenvalue weighted by Gasteiger charge is 2.50. The van der Waals surface area contributed by atoms with E-state index in [1.807, 2.05) is 0 Å². The summed E-state index contributed by atoms with van der Waals surface area (Å²) in [4.78, 5) is 2.77. The van der Waals surface area contributed by atoms with E-state index in [0.29, 0.717) is 0 Å². The van der Waals surface area contributed by atoms with Gasteiger partial charge in [-0.3, -0.25) is 0 Å². The third-order valence-electron chi connectivity index (χ3n) is 11.8. The van der Waals surface area contributed by atoms with Crippen LogP contribution in [0.2, 0.25) is 13.1 Å². The highest BCUT2D eigenvalue weighted by Crippen LogP contribution is 2.48. The van der Waals surface area contributed by atoms with Crippen molar-refractivity contribution in [2.24, 2.45) is 0 Å². The Hall–Kier alpha value is -4.54. The van der Waals surface area contributed by atoms with Crippen LogP contribution in [-0.2, 0) is 10.8 Å². The van der Waals surface area contributed by atoms with Crippen LogP contribution in [0.4, 0.5) is 11.4 Å². The lowest BCUT2D eigenvalue weighted by molar-refractivity contribution is 0.590. The molecule has 6 aromatic carbocycles. The van der Waals surface area contributed by atoms with Crippen LogP contribution in [0.15, 0.2) is 103 Å². The van der Waals surface area contributed by atoms with Gasteiger partial charge in [-0.1, -0.05) is 127 Å². The topological polar surface area (TPSA) is 8.17 Å². The van der Waals surface area contributed by atoms with E-state index in [0.717, 1.165) is 0 Å². The maximum absolute atomic E-state index is 2.77. The average Bonchev–Trinajstić information content (AvgIpc) is 3.39. The molecule has 234 valence electrons. The summed E-state index contributed by atoms with van der Waals surface area (Å²) in [5, 5.41) is 8.47. The normalized spacial score (nSPS) is 15.6. The van der Waals surface area contributed by atoms with Gasteiger partial charge in [0, 0.05) is 33.4 Å². The second-order valence-corrected chi connectivity index (χ2v) is 21.4. The second kappa shape index (κ2) is 8.92. The lowest BCUT2D eigenvalue weighted by Crippen LogP contribution is -2.68. The predicted octanol–water partition coefficient (Wildman–Crippen LogP) is 8.91. The van der Waals surface area contributed by atoms with E-state index in [9.17, 15) is 0 Å². The maximum Gasteiger partial charge on any atom is 0.333 e. The van der Waals surface area contributed by atoms with Crippen LogP contribution < -0.4 is 26.1 Å². The van der Waals surface area contributed by atoms with E-state index in [1.165, 1.54) is 88.0 Å². The van der Waals surface area contributed by atoms with Crippen molar-refractivity contribution in [3.63, 3.8) is 0 Å². The number of hydrogen-bond acceptors (Lipinski definition) is 1. The van der Waals surface area contributed by atoms with Crippen molar-refractivity contribution >= 4 is 80.2 Å². The van der Waals surface area contributed by atoms with Crippen molar-refractivity contribution in [2.75, 3.05) is 4.81 Å². The molecule has 0 radical (unpaired) electrons. The Morgan fingerprint density at radius 1 is 0.604 bits per heavy atom. The summed E-state index contributed by atoms with van der Waals surface area (Å²) >= 11 is 0. The van der Waals surface area contributed by atoms with Gasteiger partial charge in [0.1, 0.15) is 8.07 Å². The predicted molar refractivity (Wildman–Crippen MR) is 211 cm³/mol. The lowest BCUT2D eigenvalue weighted by Gasteiger charge is -2.49. The molecule has 4 heteroatoms. The molecule has 10 rings (SSSR count). The fourth-order valence-electron chi connectivity index (χ4n) is 9.32. The Morgan fingerprint density at radius 3 is 2.10 bits per heavy atom. The van der Waals surface area contributed by atoms with Gasteiger partial charge in [-0.05, 0) is 89.9 Å². The first-order valence-corrected chi connectivity index (χ1v) is 20.6. The quantitative estimate of drug-likeness (QED) is 0.151. The SMILES string of the molecule is CC(C)(C)c1ccc2c(c1)c1cc(C(C)(C)C)cc3c1n2-c1cc2ccccc2c2c1B3N1c3ccccc3[Si](C)(C)c3cccc-2c31. The zero-order valence-corrected chi connectivity index (χ0v) is 30.3. The van der Waals surface area contributed by atoms with E-state index in [-0.39, 0.29) is 17.7 Å². The molecule has 1 aromatic heterocycles. The summed E-state index contributed by atoms with van der Waals surface area (Å²) in [7, 11) is -1.99. The van der Waals surface area contributed by atoms with E-state index in [4.69, 9.17) is 0 Å². The number of benzene rings is 6. The lowest BCUT2D eigenvalue weighted by atomic mass is 9.43. The molecule has 0 spiro atoms. The minimum atomic E-state index is -1.99. The number of hydrogen-bond donors (Lipinski definition) is 0. The molecule has 0 fully saturated rings. The van der Waals surface area contributed by atoms with Crippen molar-refractivity contribution in [2.45, 2.75) is 65.5 Å². The van der Waals surface area contributed by atoms with Crippen LogP contribution in [0.25, 0.3) is 49.4 Å². The van der Waals surface area contributed by atoms with Crippen LogP contribution in [0, 0.1) is 0 Å². The summed E-state index contributed by atoms with van der Waals surface area (Å²) < 4.78 is 2.63. The van der Waals surface area contributed by atoms with E-state index >= 15 is 0 Å². The Labute approximate surface area is 285 Å². The summed E-state index contributed by atoms with van der Waals surface area (Å²) in [6, 6.07) is 40.4. The molecule has 2 nitrogen and oxygen atoms in total. The molecule has 0 amide bonds. The van der Waals surface area contributed by atoms with Crippen molar-refractivity contribution < 1.29 is 0 Å². The van der Waals surface area contributed by atoms with Gasteiger partial charge in [-0.2, -0.15) is 0 Å². The maximum atomic E-state index is 2.77. The Kier molecular flexibility index (Phi) is 5.29. The largest absolute Gasteiger partial charge is 0.377 e.